The highest BCUT2D eigenvalue weighted by atomic mass is 16.4. The molecule has 0 aliphatic carbocycles. The van der Waals surface area contributed by atoms with E-state index in [1.54, 1.807) is 6.07 Å². The highest BCUT2D eigenvalue weighted by molar-refractivity contribution is 5.91. The summed E-state index contributed by atoms with van der Waals surface area (Å²) >= 11 is 0. The van der Waals surface area contributed by atoms with Gasteiger partial charge < -0.3 is 15.3 Å². The van der Waals surface area contributed by atoms with Crippen LogP contribution in [0.4, 0.5) is 10.5 Å². The number of amides is 2. The summed E-state index contributed by atoms with van der Waals surface area (Å²) in [6.45, 7) is 5.38. The summed E-state index contributed by atoms with van der Waals surface area (Å²) in [5.74, 6) is -1.01. The number of carboxylic acid groups (broad SMARTS) is 1. The molecule has 0 heterocycles. The molecular weight excluding hydrogens is 244 g/mol. The second-order valence-electron chi connectivity index (χ2n) is 4.58. The lowest BCUT2D eigenvalue weighted by Crippen LogP contribution is -2.44. The van der Waals surface area contributed by atoms with E-state index in [1.165, 1.54) is 4.90 Å². The molecule has 104 valence electrons. The molecule has 1 rings (SSSR count). The Bertz CT molecular complexity index is 460. The number of nitrogens with one attached hydrogen (secondary N) is 1. The van der Waals surface area contributed by atoms with E-state index in [2.05, 4.69) is 5.32 Å². The largest absolute Gasteiger partial charge is 0.480 e. The molecule has 0 spiro atoms. The molecule has 0 bridgehead atoms. The van der Waals surface area contributed by atoms with E-state index in [4.69, 9.17) is 5.11 Å². The maximum absolute atomic E-state index is 12.1. The first-order valence-electron chi connectivity index (χ1n) is 6.30. The van der Waals surface area contributed by atoms with Gasteiger partial charge in [0.25, 0.3) is 0 Å². The number of aliphatic carboxylic acids is 1. The minimum Gasteiger partial charge on any atom is -0.480 e. The van der Waals surface area contributed by atoms with E-state index >= 15 is 0 Å². The molecule has 1 unspecified atom stereocenters. The maximum atomic E-state index is 12.1. The van der Waals surface area contributed by atoms with Crippen molar-refractivity contribution in [3.8, 4) is 0 Å². The number of hydrogen-bond acceptors (Lipinski definition) is 2. The van der Waals surface area contributed by atoms with Crippen LogP contribution in [-0.4, -0.2) is 34.6 Å². The summed E-state index contributed by atoms with van der Waals surface area (Å²) in [5, 5.41) is 11.6. The lowest BCUT2D eigenvalue weighted by atomic mass is 10.2. The second-order valence-corrected chi connectivity index (χ2v) is 4.58. The zero-order chi connectivity index (χ0) is 14.4. The van der Waals surface area contributed by atoms with Crippen molar-refractivity contribution in [1.29, 1.82) is 0 Å². The lowest BCUT2D eigenvalue weighted by Gasteiger charge is -2.27. The molecule has 2 amide bonds. The van der Waals surface area contributed by atoms with Crippen molar-refractivity contribution in [3.05, 3.63) is 29.8 Å². The van der Waals surface area contributed by atoms with Crippen molar-refractivity contribution < 1.29 is 14.7 Å². The molecule has 19 heavy (non-hydrogen) atoms. The number of aryl methyl sites for hydroxylation is 1. The Hall–Kier alpha value is -2.04. The zero-order valence-corrected chi connectivity index (χ0v) is 11.5. The smallest absolute Gasteiger partial charge is 0.323 e. The summed E-state index contributed by atoms with van der Waals surface area (Å²) in [5.41, 5.74) is 1.70. The highest BCUT2D eigenvalue weighted by Crippen LogP contribution is 2.12. The van der Waals surface area contributed by atoms with Gasteiger partial charge in [0, 0.05) is 11.7 Å². The predicted molar refractivity (Wildman–Crippen MR) is 74.3 cm³/mol. The summed E-state index contributed by atoms with van der Waals surface area (Å²) in [6.07, 6.45) is 0.703. The zero-order valence-electron chi connectivity index (χ0n) is 11.5. The van der Waals surface area contributed by atoms with Crippen molar-refractivity contribution in [3.63, 3.8) is 0 Å². The molecule has 2 N–H and O–H groups in total. The van der Waals surface area contributed by atoms with Gasteiger partial charge in [0.15, 0.2) is 0 Å². The van der Waals surface area contributed by atoms with Crippen molar-refractivity contribution in [2.75, 3.05) is 11.9 Å². The number of hydrogen-bond donors (Lipinski definition) is 2. The Kier molecular flexibility index (Phi) is 5.36. The van der Waals surface area contributed by atoms with E-state index in [0.717, 1.165) is 5.56 Å². The van der Waals surface area contributed by atoms with Crippen molar-refractivity contribution in [2.45, 2.75) is 33.2 Å². The van der Waals surface area contributed by atoms with Crippen LogP contribution in [0.3, 0.4) is 0 Å². The third kappa shape index (κ3) is 4.62. The minimum absolute atomic E-state index is 0.124. The Labute approximate surface area is 113 Å². The molecule has 0 aliphatic rings. The van der Waals surface area contributed by atoms with E-state index in [0.29, 0.717) is 12.1 Å². The van der Waals surface area contributed by atoms with E-state index in [9.17, 15) is 9.59 Å². The first kappa shape index (κ1) is 15.0. The number of urea groups is 1. The monoisotopic (exact) mass is 264 g/mol. The fourth-order valence-electron chi connectivity index (χ4n) is 1.71. The summed E-state index contributed by atoms with van der Waals surface area (Å²) in [4.78, 5) is 24.3. The molecule has 5 heteroatoms. The van der Waals surface area contributed by atoms with Crippen LogP contribution in [0.15, 0.2) is 24.3 Å². The van der Waals surface area contributed by atoms with Crippen molar-refractivity contribution >= 4 is 17.7 Å². The molecule has 0 fully saturated rings. The average molecular weight is 264 g/mol. The molecule has 1 atom stereocenters. The van der Waals surface area contributed by atoms with Crippen LogP contribution >= 0.6 is 0 Å². The molecule has 1 aromatic carbocycles. The summed E-state index contributed by atoms with van der Waals surface area (Å²) in [6, 6.07) is 6.88. The fourth-order valence-corrected chi connectivity index (χ4v) is 1.71. The van der Waals surface area contributed by atoms with Crippen LogP contribution in [0.1, 0.15) is 25.8 Å². The van der Waals surface area contributed by atoms with Gasteiger partial charge in [0.1, 0.15) is 6.54 Å². The SMILES string of the molecule is CCC(C)N(CC(=O)O)C(=O)Nc1cccc(C)c1. The normalized spacial score (nSPS) is 11.7. The number of carbonyl (C=O) groups excluding carboxylic acids is 1. The van der Waals surface area contributed by atoms with Crippen LogP contribution in [0.25, 0.3) is 0 Å². The quantitative estimate of drug-likeness (QED) is 0.859. The van der Waals surface area contributed by atoms with Crippen molar-refractivity contribution in [2.24, 2.45) is 0 Å². The molecule has 0 saturated heterocycles. The first-order valence-corrected chi connectivity index (χ1v) is 6.30. The molecule has 1 aromatic rings. The summed E-state index contributed by atoms with van der Waals surface area (Å²) < 4.78 is 0. The highest BCUT2D eigenvalue weighted by Gasteiger charge is 2.21. The Morgan fingerprint density at radius 1 is 1.42 bits per heavy atom. The van der Waals surface area contributed by atoms with E-state index in [1.807, 2.05) is 39.0 Å². The molecule has 0 radical (unpaired) electrons. The van der Waals surface area contributed by atoms with Gasteiger partial charge >= 0.3 is 12.0 Å². The van der Waals surface area contributed by atoms with Crippen LogP contribution in [0.2, 0.25) is 0 Å². The maximum Gasteiger partial charge on any atom is 0.323 e. The van der Waals surface area contributed by atoms with Gasteiger partial charge in [-0.2, -0.15) is 0 Å². The number of nitrogens with zero attached hydrogens (tertiary/aromatic N) is 1. The van der Waals surface area contributed by atoms with Gasteiger partial charge in [0.2, 0.25) is 0 Å². The van der Waals surface area contributed by atoms with E-state index < -0.39 is 5.97 Å². The van der Waals surface area contributed by atoms with Crippen LogP contribution < -0.4 is 5.32 Å². The Morgan fingerprint density at radius 2 is 2.11 bits per heavy atom. The number of anilines is 1. The Balaban J connectivity index is 2.79. The topological polar surface area (TPSA) is 69.6 Å². The Morgan fingerprint density at radius 3 is 2.63 bits per heavy atom. The minimum atomic E-state index is -1.01. The number of carboxylic acids is 1. The van der Waals surface area contributed by atoms with Gasteiger partial charge in [-0.15, -0.1) is 0 Å². The number of rotatable bonds is 5. The molecule has 0 aliphatic heterocycles. The van der Waals surface area contributed by atoms with Gasteiger partial charge in [-0.1, -0.05) is 19.1 Å². The van der Waals surface area contributed by atoms with Gasteiger partial charge in [0.05, 0.1) is 0 Å². The fraction of sp³-hybridized carbons (Fsp3) is 0.429. The second kappa shape index (κ2) is 6.78. The van der Waals surface area contributed by atoms with Crippen molar-refractivity contribution in [1.82, 2.24) is 4.90 Å². The standard InChI is InChI=1S/C14H20N2O3/c1-4-11(3)16(9-13(17)18)14(19)15-12-7-5-6-10(2)8-12/h5-8,11H,4,9H2,1-3H3,(H,15,19)(H,17,18). The predicted octanol–water partition coefficient (Wildman–Crippen LogP) is 2.71. The van der Waals surface area contributed by atoms with Crippen LogP contribution in [-0.2, 0) is 4.79 Å². The molecule has 0 saturated carbocycles. The average Bonchev–Trinajstić information content (AvgIpc) is 2.34. The molecule has 5 nitrogen and oxygen atoms in total. The van der Waals surface area contributed by atoms with E-state index in [-0.39, 0.29) is 18.6 Å². The van der Waals surface area contributed by atoms with Crippen LogP contribution in [0, 0.1) is 6.92 Å². The molecule has 0 aromatic heterocycles. The van der Waals surface area contributed by atoms with Gasteiger partial charge in [-0.25, -0.2) is 4.79 Å². The third-order valence-electron chi connectivity index (χ3n) is 2.96. The lowest BCUT2D eigenvalue weighted by molar-refractivity contribution is -0.138. The molecular formula is C14H20N2O3. The van der Waals surface area contributed by atoms with Crippen LogP contribution in [0.5, 0.6) is 0 Å². The number of carbonyl (C=O) groups is 2. The van der Waals surface area contributed by atoms with Gasteiger partial charge in [-0.3, -0.25) is 4.79 Å². The summed E-state index contributed by atoms with van der Waals surface area (Å²) in [7, 11) is 0. The number of benzene rings is 1. The first-order chi connectivity index (χ1) is 8.93. The van der Waals surface area contributed by atoms with Gasteiger partial charge in [-0.05, 0) is 38.0 Å². The third-order valence-corrected chi connectivity index (χ3v) is 2.96.